The number of guanidine groups is 1. The van der Waals surface area contributed by atoms with E-state index in [1.165, 1.54) is 11.1 Å². The van der Waals surface area contributed by atoms with Crippen LogP contribution in [0.25, 0.3) is 0 Å². The van der Waals surface area contributed by atoms with Crippen molar-refractivity contribution in [2.45, 2.75) is 19.8 Å². The Morgan fingerprint density at radius 1 is 1.13 bits per heavy atom. The van der Waals surface area contributed by atoms with Crippen molar-refractivity contribution in [3.63, 3.8) is 0 Å². The van der Waals surface area contributed by atoms with Gasteiger partial charge in [-0.15, -0.1) is 24.0 Å². The fourth-order valence-electron chi connectivity index (χ4n) is 2.10. The summed E-state index contributed by atoms with van der Waals surface area (Å²) in [6.45, 7) is 4.89. The number of anilines is 1. The van der Waals surface area contributed by atoms with Gasteiger partial charge in [-0.05, 0) is 36.8 Å². The van der Waals surface area contributed by atoms with E-state index >= 15 is 0 Å². The highest BCUT2D eigenvalue weighted by Gasteiger charge is 2.04. The normalized spacial score (nSPS) is 12.2. The molecule has 0 bridgehead atoms. The van der Waals surface area contributed by atoms with Crippen LogP contribution in [0.15, 0.2) is 53.5 Å². The predicted molar refractivity (Wildman–Crippen MR) is 108 cm³/mol. The van der Waals surface area contributed by atoms with Gasteiger partial charge in [-0.3, -0.25) is 4.99 Å². The molecule has 2 rings (SSSR count). The topological polar surface area (TPSA) is 59.6 Å². The molecule has 0 saturated heterocycles. The summed E-state index contributed by atoms with van der Waals surface area (Å²) in [5.41, 5.74) is 9.36. The van der Waals surface area contributed by atoms with E-state index in [0.29, 0.717) is 18.4 Å². The zero-order valence-electron chi connectivity index (χ0n) is 13.7. The summed E-state index contributed by atoms with van der Waals surface area (Å²) < 4.78 is 5.12. The first-order valence-corrected chi connectivity index (χ1v) is 7.36. The number of rotatable bonds is 5. The highest BCUT2D eigenvalue weighted by molar-refractivity contribution is 14.0. The minimum Gasteiger partial charge on any atom is -0.497 e. The van der Waals surface area contributed by atoms with Crippen LogP contribution < -0.4 is 15.8 Å². The van der Waals surface area contributed by atoms with Crippen molar-refractivity contribution < 1.29 is 4.74 Å². The largest absolute Gasteiger partial charge is 0.497 e. The van der Waals surface area contributed by atoms with Crippen LogP contribution in [-0.4, -0.2) is 19.6 Å². The van der Waals surface area contributed by atoms with E-state index in [9.17, 15) is 0 Å². The third-order valence-corrected chi connectivity index (χ3v) is 3.54. The summed E-state index contributed by atoms with van der Waals surface area (Å²) >= 11 is 0. The van der Waals surface area contributed by atoms with Crippen LogP contribution in [0.2, 0.25) is 0 Å². The van der Waals surface area contributed by atoms with Gasteiger partial charge in [0.15, 0.2) is 5.96 Å². The molecule has 0 spiro atoms. The Balaban J connectivity index is 0.00000264. The van der Waals surface area contributed by atoms with Crippen LogP contribution in [0.3, 0.4) is 0 Å². The van der Waals surface area contributed by atoms with Gasteiger partial charge in [0.05, 0.1) is 7.11 Å². The Morgan fingerprint density at radius 3 is 2.30 bits per heavy atom. The smallest absolute Gasteiger partial charge is 0.193 e. The van der Waals surface area contributed by atoms with Crippen molar-refractivity contribution >= 4 is 35.6 Å². The zero-order valence-corrected chi connectivity index (χ0v) is 16.1. The van der Waals surface area contributed by atoms with Crippen LogP contribution in [0.1, 0.15) is 24.0 Å². The molecule has 124 valence electrons. The molecule has 4 nitrogen and oxygen atoms in total. The molecule has 0 heterocycles. The Kier molecular flexibility index (Phi) is 7.88. The van der Waals surface area contributed by atoms with Gasteiger partial charge in [0.1, 0.15) is 5.75 Å². The number of benzene rings is 2. The second-order valence-corrected chi connectivity index (χ2v) is 5.39. The van der Waals surface area contributed by atoms with Gasteiger partial charge in [-0.1, -0.05) is 36.8 Å². The maximum Gasteiger partial charge on any atom is 0.193 e. The SMILES string of the molecule is COc1ccc(NC(N)=NCC(C)c2ccc(C)cc2)cc1.I. The molecule has 0 saturated carbocycles. The van der Waals surface area contributed by atoms with Crippen LogP contribution in [0.5, 0.6) is 5.75 Å². The molecule has 23 heavy (non-hydrogen) atoms. The average Bonchev–Trinajstić information content (AvgIpc) is 2.54. The van der Waals surface area contributed by atoms with Gasteiger partial charge in [-0.25, -0.2) is 0 Å². The molecule has 0 fully saturated rings. The Morgan fingerprint density at radius 2 is 1.74 bits per heavy atom. The number of methoxy groups -OCH3 is 1. The van der Waals surface area contributed by atoms with E-state index in [1.807, 2.05) is 24.3 Å². The van der Waals surface area contributed by atoms with E-state index in [2.05, 4.69) is 48.4 Å². The monoisotopic (exact) mass is 425 g/mol. The molecular weight excluding hydrogens is 401 g/mol. The summed E-state index contributed by atoms with van der Waals surface area (Å²) in [5, 5.41) is 3.08. The first-order valence-electron chi connectivity index (χ1n) is 7.36. The Bertz CT molecular complexity index is 624. The second-order valence-electron chi connectivity index (χ2n) is 5.39. The lowest BCUT2D eigenvalue weighted by Crippen LogP contribution is -2.23. The molecule has 3 N–H and O–H groups in total. The Labute approximate surface area is 155 Å². The van der Waals surface area contributed by atoms with Crippen molar-refractivity contribution in [2.24, 2.45) is 10.7 Å². The predicted octanol–water partition coefficient (Wildman–Crippen LogP) is 4.15. The van der Waals surface area contributed by atoms with E-state index in [-0.39, 0.29) is 24.0 Å². The number of hydrogen-bond acceptors (Lipinski definition) is 2. The number of ether oxygens (including phenoxy) is 1. The van der Waals surface area contributed by atoms with Gasteiger partial charge in [0.2, 0.25) is 0 Å². The summed E-state index contributed by atoms with van der Waals surface area (Å²) in [5.74, 6) is 1.56. The van der Waals surface area contributed by atoms with Gasteiger partial charge < -0.3 is 15.8 Å². The minimum atomic E-state index is 0. The molecule has 0 aliphatic rings. The average molecular weight is 425 g/mol. The number of aliphatic imine (C=N–C) groups is 1. The fourth-order valence-corrected chi connectivity index (χ4v) is 2.10. The number of nitrogens with zero attached hydrogens (tertiary/aromatic N) is 1. The number of hydrogen-bond donors (Lipinski definition) is 2. The number of nitrogens with two attached hydrogens (primary N) is 1. The third kappa shape index (κ3) is 6.09. The van der Waals surface area contributed by atoms with E-state index in [1.54, 1.807) is 7.11 Å². The molecule has 0 aliphatic carbocycles. The van der Waals surface area contributed by atoms with Crippen molar-refractivity contribution in [1.82, 2.24) is 0 Å². The summed E-state index contributed by atoms with van der Waals surface area (Å²) in [6.07, 6.45) is 0. The van der Waals surface area contributed by atoms with Crippen molar-refractivity contribution in [3.8, 4) is 5.75 Å². The van der Waals surface area contributed by atoms with Crippen LogP contribution in [-0.2, 0) is 0 Å². The number of aryl methyl sites for hydroxylation is 1. The molecular formula is C18H24IN3O. The highest BCUT2D eigenvalue weighted by atomic mass is 127. The van der Waals surface area contributed by atoms with Gasteiger partial charge in [0.25, 0.3) is 0 Å². The zero-order chi connectivity index (χ0) is 15.9. The molecule has 1 atom stereocenters. The lowest BCUT2D eigenvalue weighted by Gasteiger charge is -2.11. The lowest BCUT2D eigenvalue weighted by molar-refractivity contribution is 0.415. The van der Waals surface area contributed by atoms with E-state index in [0.717, 1.165) is 11.4 Å². The molecule has 0 amide bonds. The van der Waals surface area contributed by atoms with Crippen LogP contribution >= 0.6 is 24.0 Å². The molecule has 2 aromatic rings. The highest BCUT2D eigenvalue weighted by Crippen LogP contribution is 2.17. The maximum absolute atomic E-state index is 5.93. The third-order valence-electron chi connectivity index (χ3n) is 3.54. The number of halogens is 1. The molecule has 0 aliphatic heterocycles. The molecule has 0 radical (unpaired) electrons. The van der Waals surface area contributed by atoms with E-state index < -0.39 is 0 Å². The number of nitrogens with one attached hydrogen (secondary N) is 1. The molecule has 2 aromatic carbocycles. The van der Waals surface area contributed by atoms with Crippen molar-refractivity contribution in [2.75, 3.05) is 19.0 Å². The van der Waals surface area contributed by atoms with Gasteiger partial charge in [0, 0.05) is 18.2 Å². The second kappa shape index (κ2) is 9.39. The molecule has 5 heteroatoms. The maximum atomic E-state index is 5.93. The lowest BCUT2D eigenvalue weighted by atomic mass is 10.0. The fraction of sp³-hybridized carbons (Fsp3) is 0.278. The van der Waals surface area contributed by atoms with Crippen LogP contribution in [0.4, 0.5) is 5.69 Å². The first-order chi connectivity index (χ1) is 10.6. The van der Waals surface area contributed by atoms with Crippen molar-refractivity contribution in [1.29, 1.82) is 0 Å². The van der Waals surface area contributed by atoms with Gasteiger partial charge in [-0.2, -0.15) is 0 Å². The molecule has 0 aromatic heterocycles. The quantitative estimate of drug-likeness (QED) is 0.430. The van der Waals surface area contributed by atoms with Gasteiger partial charge >= 0.3 is 0 Å². The Hall–Kier alpha value is -1.76. The minimum absolute atomic E-state index is 0. The summed E-state index contributed by atoms with van der Waals surface area (Å²) in [4.78, 5) is 4.41. The van der Waals surface area contributed by atoms with Crippen LogP contribution in [0, 0.1) is 6.92 Å². The van der Waals surface area contributed by atoms with Crippen molar-refractivity contribution in [3.05, 3.63) is 59.7 Å². The first kappa shape index (κ1) is 19.3. The summed E-state index contributed by atoms with van der Waals surface area (Å²) in [7, 11) is 1.64. The van der Waals surface area contributed by atoms with E-state index in [4.69, 9.17) is 10.5 Å². The standard InChI is InChI=1S/C18H23N3O.HI/c1-13-4-6-15(7-5-13)14(2)12-20-18(19)21-16-8-10-17(22-3)11-9-16;/h4-11,14H,12H2,1-3H3,(H3,19,20,21);1H. The summed E-state index contributed by atoms with van der Waals surface area (Å²) in [6, 6.07) is 16.1. The molecule has 1 unspecified atom stereocenters.